The first-order chi connectivity index (χ1) is 35.3. The molecular weight excluding hydrogens is 949 g/mol. The molecule has 2 N–H and O–H groups in total. The minimum Gasteiger partial charge on any atom is -0.460 e. The van der Waals surface area contributed by atoms with Crippen molar-refractivity contribution < 1.29 is 62.6 Å². The number of aliphatic hydroxyl groups excluding tert-OH is 1. The van der Waals surface area contributed by atoms with E-state index in [4.69, 9.17) is 34.0 Å². The number of fused-ring (bicyclic) bond motifs is 3. The molecule has 1 aliphatic carbocycles. The van der Waals surface area contributed by atoms with Gasteiger partial charge >= 0.3 is 5.97 Å². The maximum absolute atomic E-state index is 14.6. The van der Waals surface area contributed by atoms with Gasteiger partial charge in [-0.15, -0.1) is 0 Å². The van der Waals surface area contributed by atoms with Crippen LogP contribution in [-0.4, -0.2) is 140 Å². The smallest absolute Gasteiger partial charge is 0.329 e. The molecule has 3 fully saturated rings. The molecule has 0 aromatic rings. The lowest BCUT2D eigenvalue weighted by Gasteiger charge is -2.42. The second-order valence-electron chi connectivity index (χ2n) is 21.8. The lowest BCUT2D eigenvalue weighted by Crippen LogP contribution is -2.61. The van der Waals surface area contributed by atoms with E-state index >= 15 is 0 Å². The van der Waals surface area contributed by atoms with Crippen LogP contribution in [0.3, 0.4) is 0 Å². The van der Waals surface area contributed by atoms with Crippen molar-refractivity contribution in [1.29, 1.82) is 0 Å². The Balaban J connectivity index is 1.64. The number of carbonyl (C=O) groups excluding carboxylic acids is 5. The zero-order chi connectivity index (χ0) is 54.5. The highest BCUT2D eigenvalue weighted by Crippen LogP contribution is 2.38. The number of methoxy groups -OCH3 is 3. The number of allylic oxidation sites excluding steroid dienone is 6. The van der Waals surface area contributed by atoms with E-state index in [0.717, 1.165) is 44.1 Å². The van der Waals surface area contributed by atoms with E-state index in [2.05, 4.69) is 10.0 Å². The average molecular weight is 1040 g/mol. The highest BCUT2D eigenvalue weighted by molar-refractivity contribution is 6.39. The second kappa shape index (κ2) is 31.2. The molecule has 2 bridgehead atoms. The highest BCUT2D eigenvalue weighted by Gasteiger charge is 2.53. The maximum Gasteiger partial charge on any atom is 0.329 e. The van der Waals surface area contributed by atoms with E-state index in [9.17, 15) is 34.2 Å². The summed E-state index contributed by atoms with van der Waals surface area (Å²) in [6.07, 6.45) is 16.0. The third-order valence-electron chi connectivity index (χ3n) is 16.0. The summed E-state index contributed by atoms with van der Waals surface area (Å²) >= 11 is 0. The number of aliphatic hydroxyl groups is 2. The first-order valence-corrected chi connectivity index (χ1v) is 27.4. The second-order valence-corrected chi connectivity index (χ2v) is 21.8. The molecule has 4 aliphatic rings. The predicted molar refractivity (Wildman–Crippen MR) is 281 cm³/mol. The van der Waals surface area contributed by atoms with Crippen molar-refractivity contribution in [1.82, 2.24) is 4.90 Å². The van der Waals surface area contributed by atoms with Crippen molar-refractivity contribution in [2.24, 2.45) is 40.6 Å². The third kappa shape index (κ3) is 18.0. The predicted octanol–water partition coefficient (Wildman–Crippen LogP) is 9.08. The minimum atomic E-state index is -2.44. The van der Waals surface area contributed by atoms with Gasteiger partial charge in [0.15, 0.2) is 5.78 Å². The van der Waals surface area contributed by atoms with Crippen LogP contribution in [0.15, 0.2) is 52.7 Å². The maximum atomic E-state index is 14.6. The van der Waals surface area contributed by atoms with Gasteiger partial charge in [-0.25, -0.2) is 4.79 Å². The number of amides is 1. The number of hydrogen-bond donors (Lipinski definition) is 2. The molecule has 17 nitrogen and oxygen atoms in total. The zero-order valence-electron chi connectivity index (χ0n) is 46.2. The number of esters is 1. The van der Waals surface area contributed by atoms with Crippen LogP contribution in [0.25, 0.3) is 10.4 Å². The summed E-state index contributed by atoms with van der Waals surface area (Å²) in [5.74, 6) is -7.92. The fourth-order valence-electron chi connectivity index (χ4n) is 11.2. The Kier molecular flexibility index (Phi) is 26.4. The molecule has 3 aliphatic heterocycles. The number of piperidine rings is 1. The van der Waals surface area contributed by atoms with E-state index in [-0.39, 0.29) is 60.9 Å². The van der Waals surface area contributed by atoms with Crippen LogP contribution in [0.5, 0.6) is 0 Å². The van der Waals surface area contributed by atoms with Crippen LogP contribution in [0.4, 0.5) is 0 Å². The number of ketones is 3. The Morgan fingerprint density at radius 1 is 0.865 bits per heavy atom. The van der Waals surface area contributed by atoms with Crippen LogP contribution in [0.1, 0.15) is 151 Å². The zero-order valence-corrected chi connectivity index (χ0v) is 46.2. The number of Topliss-reactive ketones (excluding diaryl/α,β-unsaturated/α-hetero) is 3. The Hall–Kier alpha value is -4.06. The molecule has 4 rings (SSSR count). The SMILES string of the molecule is CO[C@H]1C[C@@H]2CC[C@@H](C)[C@@](O)(O2)C(=O)C(=O)N2CCCC[C@H]2C(=O)O[C@H]([C@H](C)C[C@@H]2CC[C@@H](OCCCCCCN=[N+]=[N-])[C@H](OC)C2)CC(=O)[C@H](C)/C=C(\C)[C@@H](O)[C@@H](OC)C(=O)[C@H](C)C[C@H](C)/C=C/C=C/C=C/1C. The van der Waals surface area contributed by atoms with Gasteiger partial charge in [0.2, 0.25) is 5.79 Å². The highest BCUT2D eigenvalue weighted by atomic mass is 16.6. The summed E-state index contributed by atoms with van der Waals surface area (Å²) in [5.41, 5.74) is 9.78. The van der Waals surface area contributed by atoms with Gasteiger partial charge in [0.05, 0.1) is 24.4 Å². The molecule has 17 heteroatoms. The first kappa shape index (κ1) is 62.5. The number of carbonyl (C=O) groups is 5. The molecule has 416 valence electrons. The van der Waals surface area contributed by atoms with Gasteiger partial charge in [-0.1, -0.05) is 89.0 Å². The van der Waals surface area contributed by atoms with Crippen molar-refractivity contribution in [2.75, 3.05) is 41.0 Å². The number of nitrogens with zero attached hydrogens (tertiary/aromatic N) is 4. The Morgan fingerprint density at radius 3 is 2.31 bits per heavy atom. The van der Waals surface area contributed by atoms with Crippen molar-refractivity contribution in [3.63, 3.8) is 0 Å². The Bertz CT molecular complexity index is 2020. The number of ether oxygens (including phenoxy) is 6. The number of cyclic esters (lactones) is 1. The minimum absolute atomic E-state index is 0.0135. The Labute approximate surface area is 440 Å². The largest absolute Gasteiger partial charge is 0.460 e. The van der Waals surface area contributed by atoms with Crippen LogP contribution >= 0.6 is 0 Å². The third-order valence-corrected chi connectivity index (χ3v) is 16.0. The average Bonchev–Trinajstić information content (AvgIpc) is 3.38. The molecule has 0 unspecified atom stereocenters. The van der Waals surface area contributed by atoms with E-state index in [1.54, 1.807) is 41.1 Å². The molecule has 3 heterocycles. The normalized spacial score (nSPS) is 36.8. The molecule has 0 radical (unpaired) electrons. The van der Waals surface area contributed by atoms with Gasteiger partial charge in [0, 0.05) is 76.5 Å². The van der Waals surface area contributed by atoms with Gasteiger partial charge in [-0.2, -0.15) is 0 Å². The fraction of sp³-hybridized carbons (Fsp3) is 0.772. The quantitative estimate of drug-likeness (QED) is 0.0315. The van der Waals surface area contributed by atoms with Crippen molar-refractivity contribution >= 4 is 29.2 Å². The van der Waals surface area contributed by atoms with Gasteiger partial charge in [0.1, 0.15) is 30.1 Å². The number of azide groups is 1. The topological polar surface area (TPSA) is 233 Å². The summed E-state index contributed by atoms with van der Waals surface area (Å²) in [7, 11) is 4.64. The van der Waals surface area contributed by atoms with Gasteiger partial charge in [0.25, 0.3) is 11.7 Å². The molecule has 15 atom stereocenters. The molecule has 0 aromatic carbocycles. The monoisotopic (exact) mass is 1040 g/mol. The molecule has 1 amide bonds. The summed E-state index contributed by atoms with van der Waals surface area (Å²) in [4.78, 5) is 75.4. The van der Waals surface area contributed by atoms with E-state index < -0.39 is 77.8 Å². The van der Waals surface area contributed by atoms with E-state index in [0.29, 0.717) is 70.1 Å². The first-order valence-electron chi connectivity index (χ1n) is 27.4. The van der Waals surface area contributed by atoms with Gasteiger partial charge in [-0.3, -0.25) is 19.2 Å². The summed E-state index contributed by atoms with van der Waals surface area (Å²) in [5, 5.41) is 27.2. The van der Waals surface area contributed by atoms with Crippen LogP contribution in [0.2, 0.25) is 0 Å². The van der Waals surface area contributed by atoms with Crippen molar-refractivity contribution in [2.45, 2.75) is 206 Å². The molecular formula is C57H90N4O13. The van der Waals surface area contributed by atoms with Crippen LogP contribution < -0.4 is 0 Å². The summed E-state index contributed by atoms with van der Waals surface area (Å²) in [6, 6.07) is -1.15. The summed E-state index contributed by atoms with van der Waals surface area (Å²) < 4.78 is 36.3. The number of unbranched alkanes of at least 4 members (excludes halogenated alkanes) is 3. The molecule has 2 saturated heterocycles. The lowest BCUT2D eigenvalue weighted by molar-refractivity contribution is -0.265. The van der Waals surface area contributed by atoms with E-state index in [1.807, 2.05) is 58.1 Å². The van der Waals surface area contributed by atoms with Crippen LogP contribution in [0, 0.1) is 35.5 Å². The Morgan fingerprint density at radius 2 is 1.61 bits per heavy atom. The lowest BCUT2D eigenvalue weighted by atomic mass is 9.78. The van der Waals surface area contributed by atoms with Crippen molar-refractivity contribution in [3.8, 4) is 0 Å². The molecule has 0 spiro atoms. The molecule has 1 saturated carbocycles. The van der Waals surface area contributed by atoms with E-state index in [1.165, 1.54) is 12.0 Å². The number of rotatable bonds is 14. The van der Waals surface area contributed by atoms with Gasteiger partial charge < -0.3 is 43.5 Å². The van der Waals surface area contributed by atoms with Crippen molar-refractivity contribution in [3.05, 3.63) is 58.0 Å². The number of hydrogen-bond acceptors (Lipinski definition) is 14. The fourth-order valence-corrected chi connectivity index (χ4v) is 11.2. The molecule has 74 heavy (non-hydrogen) atoms. The summed E-state index contributed by atoms with van der Waals surface area (Å²) in [6.45, 7) is 13.9. The van der Waals surface area contributed by atoms with Crippen LogP contribution in [-0.2, 0) is 52.4 Å². The van der Waals surface area contributed by atoms with Gasteiger partial charge in [-0.05, 0) is 125 Å². The standard InChI is InChI=1S/C57H90N4O13/c1-36-20-14-13-15-21-37(2)48(69-8)34-44-25-23-42(7)57(68,74-44)54(65)55(66)61-28-18-16-22-45(61)56(67)73-49(35-46(62)38(3)31-41(6)52(64)53(71-10)51(63)40(5)30-36)39(4)32-43-24-26-47(50(33-43)70-9)72-29-19-12-11-17-27-59-60-58/h13-15,20-21,31,36,38-40,42-45,47-50,52-53,64,68H,11-12,16-19,22-30,32-35H2,1-10H3/b15-13+,20-14+,37-21+,41-31+/t36-,38-,39-,40-,42-,43+,44+,45+,47-,48+,49+,50-,52-,53+,57-/m1/s1. The molecule has 0 aromatic heterocycles.